The average Bonchev–Trinajstić information content (AvgIpc) is 3.12. The van der Waals surface area contributed by atoms with Crippen LogP contribution in [0.3, 0.4) is 0 Å². The topological polar surface area (TPSA) is 108 Å². The molecule has 0 heterocycles. The largest absolute Gasteiger partial charge is 0.472 e. The second-order valence-electron chi connectivity index (χ2n) is 16.8. The van der Waals surface area contributed by atoms with Crippen molar-refractivity contribution >= 4 is 19.8 Å². The molecule has 54 heavy (non-hydrogen) atoms. The Hall–Kier alpha value is -0.990. The minimum atomic E-state index is -4.36. The summed E-state index contributed by atoms with van der Waals surface area (Å²) in [4.78, 5) is 35.3. The first kappa shape index (κ1) is 53.0. The Bertz CT molecular complexity index is 896. The normalized spacial score (nSPS) is 13.5. The number of rotatable bonds is 42. The van der Waals surface area contributed by atoms with Gasteiger partial charge < -0.3 is 18.9 Å². The van der Waals surface area contributed by atoms with E-state index in [0.29, 0.717) is 17.4 Å². The minimum Gasteiger partial charge on any atom is -0.462 e. The van der Waals surface area contributed by atoms with Crippen molar-refractivity contribution in [3.8, 4) is 0 Å². The molecule has 0 saturated heterocycles. The van der Waals surface area contributed by atoms with Crippen LogP contribution in [0.1, 0.15) is 219 Å². The number of quaternary nitrogens is 1. The molecular formula is C44H89NO8P+. The highest BCUT2D eigenvalue weighted by Gasteiger charge is 2.27. The van der Waals surface area contributed by atoms with Gasteiger partial charge in [-0.15, -0.1) is 0 Å². The number of esters is 2. The number of carbonyl (C=O) groups is 2. The Morgan fingerprint density at radius 2 is 0.833 bits per heavy atom. The summed E-state index contributed by atoms with van der Waals surface area (Å²) >= 11 is 0. The molecule has 0 aromatic carbocycles. The summed E-state index contributed by atoms with van der Waals surface area (Å²) < 4.78 is 34.3. The van der Waals surface area contributed by atoms with Gasteiger partial charge in [-0.25, -0.2) is 4.57 Å². The smallest absolute Gasteiger partial charge is 0.462 e. The summed E-state index contributed by atoms with van der Waals surface area (Å²) in [5.41, 5.74) is 0. The van der Waals surface area contributed by atoms with Crippen LogP contribution in [0.4, 0.5) is 0 Å². The summed E-state index contributed by atoms with van der Waals surface area (Å²) in [5.74, 6) is -0.783. The summed E-state index contributed by atoms with van der Waals surface area (Å²) in [7, 11) is 1.49. The third-order valence-electron chi connectivity index (χ3n) is 10.1. The third-order valence-corrected chi connectivity index (χ3v) is 11.1. The molecule has 322 valence electrons. The van der Waals surface area contributed by atoms with Gasteiger partial charge in [-0.2, -0.15) is 0 Å². The molecule has 0 aliphatic carbocycles. The third kappa shape index (κ3) is 40.7. The first-order chi connectivity index (χ1) is 26.0. The zero-order valence-corrected chi connectivity index (χ0v) is 37.1. The molecule has 9 nitrogen and oxygen atoms in total. The SMILES string of the molecule is CCCCCCCCCCCCCCCCCCCCC(=O)OCC(COP(=O)(O)OCC[N+](C)(C)C)OC(=O)CCCCCCCCCCCCCC. The van der Waals surface area contributed by atoms with Gasteiger partial charge >= 0.3 is 19.8 Å². The maximum atomic E-state index is 12.7. The van der Waals surface area contributed by atoms with Crippen LogP contribution in [0.15, 0.2) is 0 Å². The highest BCUT2D eigenvalue weighted by Crippen LogP contribution is 2.43. The van der Waals surface area contributed by atoms with E-state index < -0.39 is 26.5 Å². The molecule has 0 rings (SSSR count). The number of carbonyl (C=O) groups excluding carboxylic acids is 2. The van der Waals surface area contributed by atoms with Crippen molar-refractivity contribution in [3.05, 3.63) is 0 Å². The standard InChI is InChI=1S/C44H88NO8P/c1-6-8-10-12-14-16-18-20-21-22-23-24-25-27-28-30-32-34-36-43(46)50-40-42(41-52-54(48,49)51-39-38-45(3,4)5)53-44(47)37-35-33-31-29-26-19-17-15-13-11-9-7-2/h42H,6-41H2,1-5H3/p+1. The number of likely N-dealkylation sites (N-methyl/N-ethyl adjacent to an activating group) is 1. The Labute approximate surface area is 334 Å². The van der Waals surface area contributed by atoms with Gasteiger partial charge in [-0.05, 0) is 12.8 Å². The van der Waals surface area contributed by atoms with Crippen LogP contribution >= 0.6 is 7.82 Å². The van der Waals surface area contributed by atoms with Crippen LogP contribution in [0.2, 0.25) is 0 Å². The molecule has 0 radical (unpaired) electrons. The van der Waals surface area contributed by atoms with Gasteiger partial charge in [0.15, 0.2) is 6.10 Å². The molecule has 0 spiro atoms. The lowest BCUT2D eigenvalue weighted by Gasteiger charge is -2.24. The van der Waals surface area contributed by atoms with Crippen molar-refractivity contribution in [1.82, 2.24) is 0 Å². The number of hydrogen-bond donors (Lipinski definition) is 1. The molecule has 0 aromatic rings. The fraction of sp³-hybridized carbons (Fsp3) is 0.955. The van der Waals surface area contributed by atoms with Crippen molar-refractivity contribution < 1.29 is 42.1 Å². The Kier molecular flexibility index (Phi) is 36.9. The maximum Gasteiger partial charge on any atom is 0.472 e. The van der Waals surface area contributed by atoms with E-state index in [2.05, 4.69) is 13.8 Å². The van der Waals surface area contributed by atoms with Gasteiger partial charge in [0.05, 0.1) is 27.7 Å². The number of phosphoric acid groups is 1. The molecule has 0 aromatic heterocycles. The van der Waals surface area contributed by atoms with Gasteiger partial charge in [0.1, 0.15) is 19.8 Å². The van der Waals surface area contributed by atoms with E-state index >= 15 is 0 Å². The first-order valence-corrected chi connectivity index (χ1v) is 24.3. The van der Waals surface area contributed by atoms with Gasteiger partial charge in [0, 0.05) is 12.8 Å². The fourth-order valence-corrected chi connectivity index (χ4v) is 7.29. The summed E-state index contributed by atoms with van der Waals surface area (Å²) in [6.07, 6.45) is 37.2. The van der Waals surface area contributed by atoms with E-state index in [0.717, 1.165) is 38.5 Å². The fourth-order valence-electron chi connectivity index (χ4n) is 6.54. The lowest BCUT2D eigenvalue weighted by molar-refractivity contribution is -0.870. The van der Waals surface area contributed by atoms with Crippen molar-refractivity contribution in [2.45, 2.75) is 225 Å². The van der Waals surface area contributed by atoms with Gasteiger partial charge in [-0.1, -0.05) is 194 Å². The quantitative estimate of drug-likeness (QED) is 0.0282. The Morgan fingerprint density at radius 3 is 1.19 bits per heavy atom. The van der Waals surface area contributed by atoms with Crippen molar-refractivity contribution in [1.29, 1.82) is 0 Å². The zero-order chi connectivity index (χ0) is 40.0. The van der Waals surface area contributed by atoms with Crippen molar-refractivity contribution in [2.24, 2.45) is 0 Å². The molecule has 0 bridgehead atoms. The van der Waals surface area contributed by atoms with Crippen LogP contribution in [-0.2, 0) is 32.7 Å². The predicted octanol–water partition coefficient (Wildman–Crippen LogP) is 12.8. The van der Waals surface area contributed by atoms with Crippen LogP contribution in [-0.4, -0.2) is 74.9 Å². The second kappa shape index (κ2) is 37.6. The van der Waals surface area contributed by atoms with E-state index in [1.165, 1.54) is 154 Å². The van der Waals surface area contributed by atoms with Gasteiger partial charge in [-0.3, -0.25) is 18.6 Å². The molecule has 0 saturated carbocycles. The zero-order valence-electron chi connectivity index (χ0n) is 36.2. The van der Waals surface area contributed by atoms with Gasteiger partial charge in [0.25, 0.3) is 0 Å². The monoisotopic (exact) mass is 791 g/mol. The average molecular weight is 791 g/mol. The summed E-state index contributed by atoms with van der Waals surface area (Å²) in [6, 6.07) is 0. The number of phosphoric ester groups is 1. The number of nitrogens with zero attached hydrogens (tertiary/aromatic N) is 1. The highest BCUT2D eigenvalue weighted by atomic mass is 31.2. The van der Waals surface area contributed by atoms with E-state index in [1.54, 1.807) is 0 Å². The van der Waals surface area contributed by atoms with E-state index in [4.69, 9.17) is 18.5 Å². The van der Waals surface area contributed by atoms with E-state index in [1.807, 2.05) is 21.1 Å². The molecule has 1 N–H and O–H groups in total. The van der Waals surface area contributed by atoms with Gasteiger partial charge in [0.2, 0.25) is 0 Å². The Morgan fingerprint density at radius 1 is 0.500 bits per heavy atom. The molecule has 10 heteroatoms. The summed E-state index contributed by atoms with van der Waals surface area (Å²) in [5, 5.41) is 0. The lowest BCUT2D eigenvalue weighted by atomic mass is 10.0. The highest BCUT2D eigenvalue weighted by molar-refractivity contribution is 7.47. The first-order valence-electron chi connectivity index (χ1n) is 22.8. The molecular weight excluding hydrogens is 701 g/mol. The van der Waals surface area contributed by atoms with Crippen LogP contribution < -0.4 is 0 Å². The minimum absolute atomic E-state index is 0.0368. The van der Waals surface area contributed by atoms with E-state index in [9.17, 15) is 19.0 Å². The predicted molar refractivity (Wildman–Crippen MR) is 225 cm³/mol. The summed E-state index contributed by atoms with van der Waals surface area (Å²) in [6.45, 7) is 4.46. The Balaban J connectivity index is 4.25. The lowest BCUT2D eigenvalue weighted by Crippen LogP contribution is -2.37. The molecule has 0 aliphatic heterocycles. The molecule has 0 fully saturated rings. The molecule has 2 atom stereocenters. The maximum absolute atomic E-state index is 12.7. The second-order valence-corrected chi connectivity index (χ2v) is 18.3. The molecule has 0 amide bonds. The van der Waals surface area contributed by atoms with Crippen LogP contribution in [0.5, 0.6) is 0 Å². The molecule has 2 unspecified atom stereocenters. The van der Waals surface area contributed by atoms with Crippen LogP contribution in [0, 0.1) is 0 Å². The van der Waals surface area contributed by atoms with E-state index in [-0.39, 0.29) is 25.6 Å². The number of unbranched alkanes of at least 4 members (excludes halogenated alkanes) is 28. The number of hydrogen-bond acceptors (Lipinski definition) is 7. The van der Waals surface area contributed by atoms with Crippen molar-refractivity contribution in [3.63, 3.8) is 0 Å². The number of ether oxygens (including phenoxy) is 2. The van der Waals surface area contributed by atoms with Crippen LogP contribution in [0.25, 0.3) is 0 Å². The van der Waals surface area contributed by atoms with Crippen molar-refractivity contribution in [2.75, 3.05) is 47.5 Å². The molecule has 0 aliphatic rings.